The fourth-order valence-corrected chi connectivity index (χ4v) is 7.49. The van der Waals surface area contributed by atoms with Gasteiger partial charge in [-0.3, -0.25) is 33.6 Å². The Balaban J connectivity index is 1.51. The lowest BCUT2D eigenvalue weighted by Crippen LogP contribution is -2.61. The summed E-state index contributed by atoms with van der Waals surface area (Å²) >= 11 is 0. The molecule has 0 unspecified atom stereocenters. The van der Waals surface area contributed by atoms with E-state index in [2.05, 4.69) is 41.9 Å². The first kappa shape index (κ1) is 49.9. The van der Waals surface area contributed by atoms with E-state index in [1.165, 1.54) is 6.92 Å². The minimum Gasteiger partial charge on any atom is -0.481 e. The van der Waals surface area contributed by atoms with Crippen molar-refractivity contribution in [3.63, 3.8) is 0 Å². The third kappa shape index (κ3) is 13.6. The Bertz CT molecular complexity index is 2300. The minimum atomic E-state index is -1.71. The van der Waals surface area contributed by atoms with Gasteiger partial charge in [0.1, 0.15) is 36.3 Å². The summed E-state index contributed by atoms with van der Waals surface area (Å²) in [6.07, 6.45) is 3.42. The highest BCUT2D eigenvalue weighted by atomic mass is 16.4. The quantitative estimate of drug-likeness (QED) is 0.0491. The van der Waals surface area contributed by atoms with Crippen molar-refractivity contribution in [1.82, 2.24) is 41.9 Å². The normalized spacial score (nSPS) is 15.1. The fourth-order valence-electron chi connectivity index (χ4n) is 7.49. The van der Waals surface area contributed by atoms with Crippen LogP contribution in [0.2, 0.25) is 0 Å². The zero-order chi connectivity index (χ0) is 47.2. The van der Waals surface area contributed by atoms with Crippen LogP contribution in [0.5, 0.6) is 0 Å². The Morgan fingerprint density at radius 3 is 1.44 bits per heavy atom. The summed E-state index contributed by atoms with van der Waals surface area (Å²) in [5.74, 6) is -8.49. The van der Waals surface area contributed by atoms with Crippen molar-refractivity contribution in [3.05, 3.63) is 72.1 Å². The van der Waals surface area contributed by atoms with Crippen LogP contribution in [0.25, 0.3) is 21.8 Å². The molecule has 18 nitrogen and oxygen atoms in total. The van der Waals surface area contributed by atoms with Gasteiger partial charge in [0.05, 0.1) is 6.42 Å². The van der Waals surface area contributed by atoms with E-state index in [-0.39, 0.29) is 25.2 Å². The zero-order valence-electron chi connectivity index (χ0n) is 37.4. The molecular weight excluding hydrogens is 825 g/mol. The first-order chi connectivity index (χ1) is 30.3. The molecule has 4 rings (SSSR count). The third-order valence-corrected chi connectivity index (χ3v) is 11.4. The van der Waals surface area contributed by atoms with Crippen LogP contribution in [-0.2, 0) is 51.2 Å². The molecule has 2 aromatic carbocycles. The number of aliphatic carboxylic acids is 2. The Labute approximate surface area is 371 Å². The number of amides is 6. The predicted octanol–water partition coefficient (Wildman–Crippen LogP) is 3.06. The number of benzene rings is 2. The van der Waals surface area contributed by atoms with Gasteiger partial charge in [-0.2, -0.15) is 0 Å². The highest BCUT2D eigenvalue weighted by Gasteiger charge is 2.37. The maximum atomic E-state index is 14.1. The van der Waals surface area contributed by atoms with Gasteiger partial charge in [-0.25, -0.2) is 4.79 Å². The predicted molar refractivity (Wildman–Crippen MR) is 240 cm³/mol. The van der Waals surface area contributed by atoms with Crippen molar-refractivity contribution in [2.45, 2.75) is 123 Å². The third-order valence-electron chi connectivity index (χ3n) is 11.4. The molecule has 0 fully saturated rings. The fraction of sp³-hybridized carbons (Fsp3) is 0.478. The van der Waals surface area contributed by atoms with E-state index in [1.54, 1.807) is 53.9 Å². The first-order valence-electron chi connectivity index (χ1n) is 21.7. The van der Waals surface area contributed by atoms with Crippen LogP contribution >= 0.6 is 0 Å². The molecule has 0 bridgehead atoms. The molecule has 0 saturated carbocycles. The molecule has 0 saturated heterocycles. The highest BCUT2D eigenvalue weighted by molar-refractivity contribution is 5.98. The van der Waals surface area contributed by atoms with Crippen molar-refractivity contribution in [2.75, 3.05) is 0 Å². The molecule has 2 heterocycles. The van der Waals surface area contributed by atoms with E-state index in [1.807, 2.05) is 48.5 Å². The summed E-state index contributed by atoms with van der Waals surface area (Å²) in [5, 5.41) is 37.2. The van der Waals surface area contributed by atoms with Crippen molar-refractivity contribution in [2.24, 2.45) is 17.8 Å². The Kier molecular flexibility index (Phi) is 18.0. The number of carboxylic acids is 2. The minimum absolute atomic E-state index is 0.0445. The number of carbonyl (C=O) groups is 8. The number of hydrogen-bond acceptors (Lipinski definition) is 8. The summed E-state index contributed by atoms with van der Waals surface area (Å²) < 4.78 is 0. The molecule has 8 atom stereocenters. The smallest absolute Gasteiger partial charge is 0.326 e. The topological polar surface area (TPSA) is 281 Å². The van der Waals surface area contributed by atoms with Gasteiger partial charge in [0.2, 0.25) is 35.4 Å². The van der Waals surface area contributed by atoms with Gasteiger partial charge in [-0.1, -0.05) is 90.8 Å². The number of nitrogens with one attached hydrogen (secondary N) is 8. The lowest BCUT2D eigenvalue weighted by Gasteiger charge is -2.30. The summed E-state index contributed by atoms with van der Waals surface area (Å²) in [7, 11) is 0. The van der Waals surface area contributed by atoms with Crippen molar-refractivity contribution < 1.29 is 48.6 Å². The number of fused-ring (bicyclic) bond motifs is 2. The van der Waals surface area contributed by atoms with Crippen LogP contribution in [0.15, 0.2) is 60.9 Å². The molecule has 18 heteroatoms. The van der Waals surface area contributed by atoms with Crippen molar-refractivity contribution in [1.29, 1.82) is 0 Å². The zero-order valence-corrected chi connectivity index (χ0v) is 37.4. The molecule has 346 valence electrons. The van der Waals surface area contributed by atoms with E-state index >= 15 is 0 Å². The molecule has 6 amide bonds. The highest BCUT2D eigenvalue weighted by Crippen LogP contribution is 2.21. The maximum absolute atomic E-state index is 14.1. The number of para-hydroxylation sites is 2. The number of aromatic nitrogens is 2. The summed E-state index contributed by atoms with van der Waals surface area (Å²) in [4.78, 5) is 112. The average molecular weight is 887 g/mol. The molecule has 0 spiro atoms. The second-order valence-corrected chi connectivity index (χ2v) is 16.9. The van der Waals surface area contributed by atoms with E-state index in [0.29, 0.717) is 18.4 Å². The molecule has 10 N–H and O–H groups in total. The van der Waals surface area contributed by atoms with Gasteiger partial charge >= 0.3 is 11.9 Å². The van der Waals surface area contributed by atoms with E-state index < -0.39 is 102 Å². The number of aromatic amines is 2. The van der Waals surface area contributed by atoms with Gasteiger partial charge in [-0.05, 0) is 47.4 Å². The molecular formula is C46H62N8O10. The van der Waals surface area contributed by atoms with Crippen LogP contribution < -0.4 is 31.9 Å². The van der Waals surface area contributed by atoms with Gasteiger partial charge in [-0.15, -0.1) is 0 Å². The van der Waals surface area contributed by atoms with Crippen LogP contribution in [0.1, 0.15) is 85.3 Å². The number of hydrogen-bond donors (Lipinski definition) is 10. The molecule has 4 aromatic rings. The van der Waals surface area contributed by atoms with Crippen molar-refractivity contribution in [3.8, 4) is 0 Å². The summed E-state index contributed by atoms with van der Waals surface area (Å²) in [5.41, 5.74) is 3.04. The van der Waals surface area contributed by atoms with Crippen LogP contribution in [0.3, 0.4) is 0 Å². The lowest BCUT2D eigenvalue weighted by atomic mass is 9.94. The standard InChI is InChI=1S/C46H62N8O10/c1-8-25(5)39(44(61)52-37(46(63)64)20-29-23-48-33-17-13-11-15-31(29)33)54-45(62)40(26(6)9-2)53-43(60)36(21-38(56)57)51-41(58)34(18-24(3)4)50-42(59)35(49-27(7)55)19-28-22-47-32-16-12-10-14-30(28)32/h10-17,22-26,34-37,39-40,47-48H,8-9,18-21H2,1-7H3,(H,49,55)(H,50,59)(H,51,58)(H,52,61)(H,53,60)(H,54,62)(H,56,57)(H,63,64)/t25-,26-,34-,35+,36-,37-,39-,40-/m1/s1. The monoisotopic (exact) mass is 886 g/mol. The van der Waals surface area contributed by atoms with E-state index in [4.69, 9.17) is 0 Å². The molecule has 0 aliphatic rings. The Hall–Kier alpha value is -6.72. The lowest BCUT2D eigenvalue weighted by molar-refractivity contribution is -0.142. The Morgan fingerprint density at radius 2 is 0.969 bits per heavy atom. The van der Waals surface area contributed by atoms with Gasteiger partial charge in [0.15, 0.2) is 0 Å². The number of carboxylic acid groups (broad SMARTS) is 2. The number of H-pyrrole nitrogens is 2. The van der Waals surface area contributed by atoms with Crippen LogP contribution in [0, 0.1) is 17.8 Å². The van der Waals surface area contributed by atoms with Crippen LogP contribution in [-0.4, -0.2) is 104 Å². The summed E-state index contributed by atoms with van der Waals surface area (Å²) in [6, 6.07) is 6.81. The number of rotatable bonds is 24. The second kappa shape index (κ2) is 23.1. The second-order valence-electron chi connectivity index (χ2n) is 16.9. The molecule has 0 aliphatic carbocycles. The summed E-state index contributed by atoms with van der Waals surface area (Å²) in [6.45, 7) is 11.8. The van der Waals surface area contributed by atoms with E-state index in [0.717, 1.165) is 27.4 Å². The van der Waals surface area contributed by atoms with Crippen molar-refractivity contribution >= 4 is 69.2 Å². The van der Waals surface area contributed by atoms with E-state index in [9.17, 15) is 48.6 Å². The van der Waals surface area contributed by atoms with Gasteiger partial charge in [0, 0.05) is 54.0 Å². The SMILES string of the molecule is CC[C@@H](C)[C@@H](NC(=O)[C@@H](CC(=O)O)NC(=O)[C@@H](CC(C)C)NC(=O)[C@H](Cc1c[nH]c2ccccc12)NC(C)=O)C(=O)N[C@@H](C(=O)N[C@H](Cc1c[nH]c2ccccc12)C(=O)O)[C@H](C)CC. The molecule has 0 radical (unpaired) electrons. The maximum Gasteiger partial charge on any atom is 0.326 e. The number of carbonyl (C=O) groups excluding carboxylic acids is 6. The molecule has 2 aromatic heterocycles. The van der Waals surface area contributed by atoms with Gasteiger partial charge < -0.3 is 52.1 Å². The Morgan fingerprint density at radius 1 is 0.547 bits per heavy atom. The molecule has 64 heavy (non-hydrogen) atoms. The first-order valence-corrected chi connectivity index (χ1v) is 21.7. The van der Waals surface area contributed by atoms with Gasteiger partial charge in [0.25, 0.3) is 0 Å². The average Bonchev–Trinajstić information content (AvgIpc) is 3.86. The largest absolute Gasteiger partial charge is 0.481 e. The van der Waals surface area contributed by atoms with Crippen LogP contribution in [0.4, 0.5) is 0 Å². The molecule has 0 aliphatic heterocycles.